The van der Waals surface area contributed by atoms with Crippen molar-refractivity contribution in [1.82, 2.24) is 0 Å². The highest BCUT2D eigenvalue weighted by molar-refractivity contribution is 7.89. The molecule has 0 aromatic heterocycles. The van der Waals surface area contributed by atoms with E-state index in [-0.39, 0.29) is 0 Å². The molecular formula is C16H22S2. The zero-order valence-electron chi connectivity index (χ0n) is 10.9. The van der Waals surface area contributed by atoms with Crippen LogP contribution in [0.4, 0.5) is 0 Å². The third-order valence-electron chi connectivity index (χ3n) is 6.43. The van der Waals surface area contributed by atoms with Gasteiger partial charge in [0, 0.05) is 15.6 Å². The highest BCUT2D eigenvalue weighted by Gasteiger charge is 2.56. The largest absolute Gasteiger partial charge is 0.0834 e. The van der Waals surface area contributed by atoms with Gasteiger partial charge in [-0.15, -0.1) is 0 Å². The quantitative estimate of drug-likeness (QED) is 0.594. The number of hydrogen-bond donors (Lipinski definition) is 0. The van der Waals surface area contributed by atoms with E-state index in [1.807, 2.05) is 0 Å². The Labute approximate surface area is 121 Å². The van der Waals surface area contributed by atoms with Gasteiger partial charge in [-0.05, 0) is 48.9 Å². The normalized spacial score (nSPS) is 50.9. The molecule has 0 spiro atoms. The van der Waals surface area contributed by atoms with Crippen molar-refractivity contribution in [2.45, 2.75) is 51.4 Å². The lowest BCUT2D eigenvalue weighted by Gasteiger charge is -2.49. The van der Waals surface area contributed by atoms with Crippen molar-refractivity contribution in [1.29, 1.82) is 0 Å². The van der Waals surface area contributed by atoms with Crippen molar-refractivity contribution < 1.29 is 0 Å². The standard InChI is InChI=1S/C16H22S2/c17-15-12-7-3-5-10-8-9-4-1-2-6-11(9)14(13(10)12)16(15)18/h9-14H,1-8H2. The zero-order chi connectivity index (χ0) is 12.3. The van der Waals surface area contributed by atoms with Crippen LogP contribution >= 0.6 is 24.4 Å². The summed E-state index contributed by atoms with van der Waals surface area (Å²) in [7, 11) is 0. The van der Waals surface area contributed by atoms with Crippen LogP contribution in [0.15, 0.2) is 0 Å². The Bertz CT molecular complexity index is 400. The molecule has 0 N–H and O–H groups in total. The summed E-state index contributed by atoms with van der Waals surface area (Å²) in [6, 6.07) is 0. The van der Waals surface area contributed by atoms with Crippen LogP contribution in [0.25, 0.3) is 0 Å². The maximum Gasteiger partial charge on any atom is 0.0331 e. The van der Waals surface area contributed by atoms with Gasteiger partial charge in [-0.3, -0.25) is 0 Å². The van der Waals surface area contributed by atoms with E-state index in [1.54, 1.807) is 0 Å². The summed E-state index contributed by atoms with van der Waals surface area (Å²) in [6.45, 7) is 0. The second-order valence-electron chi connectivity index (χ2n) is 7.07. The van der Waals surface area contributed by atoms with Gasteiger partial charge in [0.2, 0.25) is 0 Å². The Kier molecular flexibility index (Phi) is 2.89. The summed E-state index contributed by atoms with van der Waals surface area (Å²) in [5.41, 5.74) is 0. The molecule has 4 fully saturated rings. The first kappa shape index (κ1) is 12.0. The van der Waals surface area contributed by atoms with Crippen molar-refractivity contribution in [3.05, 3.63) is 0 Å². The van der Waals surface area contributed by atoms with Gasteiger partial charge in [0.05, 0.1) is 0 Å². The molecule has 4 saturated carbocycles. The van der Waals surface area contributed by atoms with Gasteiger partial charge in [0.1, 0.15) is 0 Å². The molecule has 18 heavy (non-hydrogen) atoms. The minimum absolute atomic E-state index is 0.708. The number of rotatable bonds is 0. The molecule has 2 heteroatoms. The van der Waals surface area contributed by atoms with E-state index in [2.05, 4.69) is 0 Å². The average Bonchev–Trinajstić information content (AvgIpc) is 2.66. The van der Waals surface area contributed by atoms with Crippen molar-refractivity contribution in [3.63, 3.8) is 0 Å². The lowest BCUT2D eigenvalue weighted by Crippen LogP contribution is -2.44. The van der Waals surface area contributed by atoms with E-state index in [0.29, 0.717) is 5.92 Å². The molecular weight excluding hydrogens is 256 g/mol. The molecule has 4 aliphatic carbocycles. The van der Waals surface area contributed by atoms with Crippen LogP contribution in [0, 0.1) is 35.5 Å². The maximum absolute atomic E-state index is 5.79. The van der Waals surface area contributed by atoms with Gasteiger partial charge in [-0.2, -0.15) is 0 Å². The van der Waals surface area contributed by atoms with Gasteiger partial charge in [0.15, 0.2) is 0 Å². The highest BCUT2D eigenvalue weighted by Crippen LogP contribution is 2.58. The van der Waals surface area contributed by atoms with E-state index in [0.717, 1.165) is 29.6 Å². The molecule has 0 saturated heterocycles. The molecule has 4 aliphatic rings. The van der Waals surface area contributed by atoms with Crippen molar-refractivity contribution >= 4 is 34.2 Å². The second kappa shape index (κ2) is 4.34. The summed E-state index contributed by atoms with van der Waals surface area (Å²) in [4.78, 5) is 2.46. The summed E-state index contributed by atoms with van der Waals surface area (Å²) in [5, 5.41) is 0. The fraction of sp³-hybridized carbons (Fsp3) is 0.875. The number of fused-ring (bicyclic) bond motifs is 2. The summed E-state index contributed by atoms with van der Waals surface area (Å²) >= 11 is 11.5. The fourth-order valence-corrected chi connectivity index (χ4v) is 6.72. The molecule has 0 heterocycles. The average molecular weight is 278 g/mol. The van der Waals surface area contributed by atoms with Crippen molar-refractivity contribution in [2.75, 3.05) is 0 Å². The van der Waals surface area contributed by atoms with Gasteiger partial charge in [0.25, 0.3) is 0 Å². The molecule has 0 aliphatic heterocycles. The SMILES string of the molecule is S=C1C(=S)C2C3CCCCC3CC3CCCC1C32. The first-order chi connectivity index (χ1) is 8.77. The Morgan fingerprint density at radius 3 is 2.44 bits per heavy atom. The van der Waals surface area contributed by atoms with Gasteiger partial charge in [-0.1, -0.05) is 56.5 Å². The van der Waals surface area contributed by atoms with E-state index in [9.17, 15) is 0 Å². The molecule has 0 aromatic rings. The van der Waals surface area contributed by atoms with Crippen LogP contribution in [-0.4, -0.2) is 9.73 Å². The van der Waals surface area contributed by atoms with Crippen LogP contribution in [0.5, 0.6) is 0 Å². The summed E-state index contributed by atoms with van der Waals surface area (Å²) < 4.78 is 0. The molecule has 0 amide bonds. The molecule has 0 bridgehead atoms. The zero-order valence-corrected chi connectivity index (χ0v) is 12.6. The summed E-state index contributed by atoms with van der Waals surface area (Å²) in [6.07, 6.45) is 11.5. The van der Waals surface area contributed by atoms with Crippen LogP contribution in [0.2, 0.25) is 0 Å². The van der Waals surface area contributed by atoms with Crippen LogP contribution < -0.4 is 0 Å². The number of hydrogen-bond acceptors (Lipinski definition) is 2. The van der Waals surface area contributed by atoms with Gasteiger partial charge < -0.3 is 0 Å². The Morgan fingerprint density at radius 1 is 0.778 bits per heavy atom. The summed E-state index contributed by atoms with van der Waals surface area (Å²) in [5.74, 6) is 5.17. The highest BCUT2D eigenvalue weighted by atomic mass is 32.1. The van der Waals surface area contributed by atoms with Gasteiger partial charge in [-0.25, -0.2) is 0 Å². The monoisotopic (exact) mass is 278 g/mol. The molecule has 0 radical (unpaired) electrons. The molecule has 0 aromatic carbocycles. The number of thiocarbonyl (C=S) groups is 2. The molecule has 4 rings (SSSR count). The van der Waals surface area contributed by atoms with E-state index < -0.39 is 0 Å². The first-order valence-electron chi connectivity index (χ1n) is 7.85. The Balaban J connectivity index is 1.73. The Hall–Kier alpha value is 0.180. The van der Waals surface area contributed by atoms with E-state index >= 15 is 0 Å². The molecule has 6 unspecified atom stereocenters. The topological polar surface area (TPSA) is 0 Å². The van der Waals surface area contributed by atoms with Crippen molar-refractivity contribution in [3.8, 4) is 0 Å². The minimum Gasteiger partial charge on any atom is -0.0834 e. The van der Waals surface area contributed by atoms with Crippen LogP contribution in [0.3, 0.4) is 0 Å². The minimum atomic E-state index is 0.708. The van der Waals surface area contributed by atoms with Crippen LogP contribution in [0.1, 0.15) is 51.4 Å². The smallest absolute Gasteiger partial charge is 0.0331 e. The molecule has 98 valence electrons. The van der Waals surface area contributed by atoms with E-state index in [1.165, 1.54) is 61.1 Å². The van der Waals surface area contributed by atoms with Crippen LogP contribution in [-0.2, 0) is 0 Å². The predicted octanol–water partition coefficient (Wildman–Crippen LogP) is 4.60. The van der Waals surface area contributed by atoms with Crippen molar-refractivity contribution in [2.24, 2.45) is 35.5 Å². The third kappa shape index (κ3) is 1.54. The second-order valence-corrected chi connectivity index (χ2v) is 7.95. The van der Waals surface area contributed by atoms with Gasteiger partial charge >= 0.3 is 0 Å². The van der Waals surface area contributed by atoms with E-state index in [4.69, 9.17) is 24.4 Å². The lowest BCUT2D eigenvalue weighted by atomic mass is 9.55. The maximum atomic E-state index is 5.79. The predicted molar refractivity (Wildman–Crippen MR) is 83.1 cm³/mol. The first-order valence-corrected chi connectivity index (χ1v) is 8.67. The molecule has 0 nitrogen and oxygen atoms in total. The Morgan fingerprint density at radius 2 is 1.56 bits per heavy atom. The molecule has 6 atom stereocenters. The third-order valence-corrected chi connectivity index (χ3v) is 7.57. The fourth-order valence-electron chi connectivity index (χ4n) is 5.83. The lowest BCUT2D eigenvalue weighted by molar-refractivity contribution is 0.0149.